The number of hydrogen-bond donors (Lipinski definition) is 1. The Hall–Kier alpha value is -0.820. The summed E-state index contributed by atoms with van der Waals surface area (Å²) in [6, 6.07) is 0. The van der Waals surface area contributed by atoms with Crippen LogP contribution >= 0.6 is 0 Å². The van der Waals surface area contributed by atoms with E-state index in [2.05, 4.69) is 50.3 Å². The van der Waals surface area contributed by atoms with E-state index in [1.54, 1.807) is 0 Å². The van der Waals surface area contributed by atoms with Gasteiger partial charge in [0.1, 0.15) is 0 Å². The van der Waals surface area contributed by atoms with Gasteiger partial charge in [0.15, 0.2) is 0 Å². The first kappa shape index (κ1) is 20.2. The Morgan fingerprint density at radius 1 is 0.762 bits per heavy atom. The monoisotopic (exact) mass is 292 g/mol. The highest BCUT2D eigenvalue weighted by Gasteiger charge is 2.02. The molecular formula is C20H36O. The van der Waals surface area contributed by atoms with Crippen molar-refractivity contribution < 1.29 is 5.11 Å². The zero-order valence-electron chi connectivity index (χ0n) is 14.3. The summed E-state index contributed by atoms with van der Waals surface area (Å²) in [4.78, 5) is 0. The molecule has 0 spiro atoms. The van der Waals surface area contributed by atoms with Gasteiger partial charge in [0.2, 0.25) is 0 Å². The summed E-state index contributed by atoms with van der Waals surface area (Å²) < 4.78 is 0. The molecule has 1 unspecified atom stereocenters. The minimum absolute atomic E-state index is 0.362. The molecule has 0 aliphatic heterocycles. The molecule has 0 radical (unpaired) electrons. The summed E-state index contributed by atoms with van der Waals surface area (Å²) in [6.45, 7) is 4.69. The molecule has 21 heavy (non-hydrogen) atoms. The maximum absolute atomic E-state index is 9.11. The average molecular weight is 293 g/mol. The molecule has 0 aliphatic carbocycles. The molecular weight excluding hydrogens is 256 g/mol. The molecule has 1 atom stereocenters. The second-order valence-electron chi connectivity index (χ2n) is 5.74. The molecule has 122 valence electrons. The van der Waals surface area contributed by atoms with E-state index in [9.17, 15) is 0 Å². The fourth-order valence-electron chi connectivity index (χ4n) is 2.30. The van der Waals surface area contributed by atoms with Crippen LogP contribution in [0.5, 0.6) is 0 Å². The van der Waals surface area contributed by atoms with Gasteiger partial charge in [0.25, 0.3) is 0 Å². The zero-order valence-corrected chi connectivity index (χ0v) is 14.3. The summed E-state index contributed by atoms with van der Waals surface area (Å²) in [5.41, 5.74) is 0. The first-order valence-electron chi connectivity index (χ1n) is 8.90. The Bertz CT molecular complexity index is 272. The van der Waals surface area contributed by atoms with Crippen LogP contribution in [0.2, 0.25) is 0 Å². The molecule has 0 aromatic rings. The largest absolute Gasteiger partial charge is 0.396 e. The van der Waals surface area contributed by atoms with Crippen LogP contribution in [-0.4, -0.2) is 11.7 Å². The highest BCUT2D eigenvalue weighted by atomic mass is 16.3. The Morgan fingerprint density at radius 2 is 1.38 bits per heavy atom. The van der Waals surface area contributed by atoms with E-state index >= 15 is 0 Å². The normalized spacial score (nSPS) is 13.9. The minimum atomic E-state index is 0.362. The van der Waals surface area contributed by atoms with E-state index < -0.39 is 0 Å². The molecule has 0 aromatic heterocycles. The summed E-state index contributed by atoms with van der Waals surface area (Å²) in [6.07, 6.45) is 25.5. The van der Waals surface area contributed by atoms with Crippen molar-refractivity contribution in [3.05, 3.63) is 36.5 Å². The average Bonchev–Trinajstić information content (AvgIpc) is 2.51. The van der Waals surface area contributed by atoms with Gasteiger partial charge in [0.05, 0.1) is 0 Å². The van der Waals surface area contributed by atoms with Gasteiger partial charge in [-0.25, -0.2) is 0 Å². The minimum Gasteiger partial charge on any atom is -0.396 e. The molecule has 0 rings (SSSR count). The van der Waals surface area contributed by atoms with Gasteiger partial charge < -0.3 is 5.11 Å². The highest BCUT2D eigenvalue weighted by Crippen LogP contribution is 2.14. The van der Waals surface area contributed by atoms with Crippen LogP contribution in [0.25, 0.3) is 0 Å². The molecule has 0 aliphatic rings. The molecule has 0 saturated heterocycles. The second kappa shape index (κ2) is 17.2. The van der Waals surface area contributed by atoms with Crippen molar-refractivity contribution in [1.29, 1.82) is 0 Å². The predicted octanol–water partition coefficient (Wildman–Crippen LogP) is 6.20. The predicted molar refractivity (Wildman–Crippen MR) is 95.5 cm³/mol. The van der Waals surface area contributed by atoms with E-state index in [0.717, 1.165) is 25.7 Å². The lowest BCUT2D eigenvalue weighted by Crippen LogP contribution is -2.03. The van der Waals surface area contributed by atoms with Crippen LogP contribution in [0, 0.1) is 5.92 Å². The summed E-state index contributed by atoms with van der Waals surface area (Å²) in [5, 5.41) is 9.11. The lowest BCUT2D eigenvalue weighted by atomic mass is 9.99. The number of rotatable bonds is 14. The number of hydrogen-bond acceptors (Lipinski definition) is 1. The standard InChI is InChI=1S/C20H36O/c1-3-5-6-7-8-9-10-11-12-13-14-15-16-17-18-20(4-2)19-21/h5-6,8-9,11-12,20-21H,3-4,7,10,13-19H2,1-2H3/b6-5-,9-8-,12-11-. The van der Waals surface area contributed by atoms with E-state index in [1.165, 1.54) is 38.5 Å². The molecule has 0 bridgehead atoms. The third kappa shape index (κ3) is 15.4. The van der Waals surface area contributed by atoms with Crippen molar-refractivity contribution in [2.75, 3.05) is 6.61 Å². The Balaban J connectivity index is 3.31. The number of aliphatic hydroxyl groups is 1. The van der Waals surface area contributed by atoms with E-state index in [0.29, 0.717) is 12.5 Å². The van der Waals surface area contributed by atoms with Gasteiger partial charge in [-0.05, 0) is 44.4 Å². The fraction of sp³-hybridized carbons (Fsp3) is 0.700. The summed E-state index contributed by atoms with van der Waals surface area (Å²) in [7, 11) is 0. The smallest absolute Gasteiger partial charge is 0.0459 e. The van der Waals surface area contributed by atoms with Crippen molar-refractivity contribution in [1.82, 2.24) is 0 Å². The molecule has 0 amide bonds. The quantitative estimate of drug-likeness (QED) is 0.298. The van der Waals surface area contributed by atoms with Crippen molar-refractivity contribution in [3.8, 4) is 0 Å². The third-order valence-corrected chi connectivity index (χ3v) is 3.85. The molecule has 1 nitrogen and oxygen atoms in total. The van der Waals surface area contributed by atoms with Gasteiger partial charge in [-0.1, -0.05) is 76.0 Å². The van der Waals surface area contributed by atoms with Crippen LogP contribution in [0.15, 0.2) is 36.5 Å². The van der Waals surface area contributed by atoms with Crippen LogP contribution in [-0.2, 0) is 0 Å². The maximum Gasteiger partial charge on any atom is 0.0459 e. The molecule has 0 heterocycles. The molecule has 0 fully saturated rings. The SMILES string of the molecule is CC/C=C\C/C=C\C/C=C\CCCCCCC(CC)CO. The number of aliphatic hydroxyl groups excluding tert-OH is 1. The first-order valence-corrected chi connectivity index (χ1v) is 8.90. The van der Waals surface area contributed by atoms with Crippen molar-refractivity contribution in [2.45, 2.75) is 78.1 Å². The molecule has 0 saturated carbocycles. The maximum atomic E-state index is 9.11. The Kier molecular flexibility index (Phi) is 16.6. The summed E-state index contributed by atoms with van der Waals surface area (Å²) >= 11 is 0. The van der Waals surface area contributed by atoms with E-state index in [1.807, 2.05) is 0 Å². The zero-order chi connectivity index (χ0) is 15.6. The second-order valence-corrected chi connectivity index (χ2v) is 5.74. The van der Waals surface area contributed by atoms with Gasteiger partial charge >= 0.3 is 0 Å². The Morgan fingerprint density at radius 3 is 2.00 bits per heavy atom. The van der Waals surface area contributed by atoms with Gasteiger partial charge in [-0.15, -0.1) is 0 Å². The number of allylic oxidation sites excluding steroid dienone is 6. The fourth-order valence-corrected chi connectivity index (χ4v) is 2.30. The van der Waals surface area contributed by atoms with Gasteiger partial charge in [-0.2, -0.15) is 0 Å². The highest BCUT2D eigenvalue weighted by molar-refractivity contribution is 4.96. The third-order valence-electron chi connectivity index (χ3n) is 3.85. The van der Waals surface area contributed by atoms with E-state index in [-0.39, 0.29) is 0 Å². The van der Waals surface area contributed by atoms with Crippen LogP contribution in [0.4, 0.5) is 0 Å². The summed E-state index contributed by atoms with van der Waals surface area (Å²) in [5.74, 6) is 0.531. The van der Waals surface area contributed by atoms with E-state index in [4.69, 9.17) is 5.11 Å². The van der Waals surface area contributed by atoms with Crippen LogP contribution in [0.1, 0.15) is 78.1 Å². The van der Waals surface area contributed by atoms with Crippen LogP contribution in [0.3, 0.4) is 0 Å². The van der Waals surface area contributed by atoms with Crippen molar-refractivity contribution in [2.24, 2.45) is 5.92 Å². The lowest BCUT2D eigenvalue weighted by Gasteiger charge is -2.10. The topological polar surface area (TPSA) is 20.2 Å². The lowest BCUT2D eigenvalue weighted by molar-refractivity contribution is 0.211. The van der Waals surface area contributed by atoms with Crippen molar-refractivity contribution >= 4 is 0 Å². The Labute approximate surface area is 132 Å². The van der Waals surface area contributed by atoms with Crippen molar-refractivity contribution in [3.63, 3.8) is 0 Å². The first-order chi connectivity index (χ1) is 10.3. The molecule has 0 aromatic carbocycles. The molecule has 1 N–H and O–H groups in total. The number of unbranched alkanes of at least 4 members (excludes halogenated alkanes) is 4. The van der Waals surface area contributed by atoms with Crippen LogP contribution < -0.4 is 0 Å². The van der Waals surface area contributed by atoms with Gasteiger partial charge in [-0.3, -0.25) is 0 Å². The van der Waals surface area contributed by atoms with Gasteiger partial charge in [0, 0.05) is 6.61 Å². The molecule has 1 heteroatoms.